The number of ketones is 1. The number of carbonyl (C=O) groups is 1. The molecule has 18 heavy (non-hydrogen) atoms. The molecule has 1 aliphatic rings. The second-order valence-electron chi connectivity index (χ2n) is 4.00. The number of hydrogen-bond donors (Lipinski definition) is 0. The Morgan fingerprint density at radius 3 is 2.94 bits per heavy atom. The molecule has 0 N–H and O–H groups in total. The van der Waals surface area contributed by atoms with Crippen LogP contribution in [0.5, 0.6) is 0 Å². The van der Waals surface area contributed by atoms with Crippen molar-refractivity contribution in [2.45, 2.75) is 13.5 Å². The van der Waals surface area contributed by atoms with Crippen molar-refractivity contribution in [2.24, 2.45) is 0 Å². The molecule has 1 aromatic rings. The molecule has 3 nitrogen and oxygen atoms in total. The third kappa shape index (κ3) is 3.31. The normalized spacial score (nSPS) is 16.3. The molecule has 0 unspecified atom stereocenters. The van der Waals surface area contributed by atoms with Crippen LogP contribution in [0.3, 0.4) is 0 Å². The fraction of sp³-hybridized carbons (Fsp3) is 0.143. The van der Waals surface area contributed by atoms with E-state index < -0.39 is 0 Å². The third-order valence-corrected chi connectivity index (χ3v) is 2.69. The van der Waals surface area contributed by atoms with E-state index in [1.54, 1.807) is 25.3 Å². The molecule has 0 bridgehead atoms. The van der Waals surface area contributed by atoms with Crippen LogP contribution in [-0.4, -0.2) is 15.7 Å². The summed E-state index contributed by atoms with van der Waals surface area (Å²) in [6, 6.07) is 3.68. The van der Waals surface area contributed by atoms with E-state index in [1.165, 1.54) is 0 Å². The number of carbonyl (C=O) groups excluding carboxylic acids is 1. The average Bonchev–Trinajstić information content (AvgIpc) is 2.34. The van der Waals surface area contributed by atoms with Gasteiger partial charge in [0, 0.05) is 30.7 Å². The lowest BCUT2D eigenvalue weighted by molar-refractivity contribution is -0.112. The van der Waals surface area contributed by atoms with Crippen molar-refractivity contribution in [3.05, 3.63) is 65.2 Å². The Morgan fingerprint density at radius 2 is 2.28 bits per heavy atom. The van der Waals surface area contributed by atoms with Gasteiger partial charge in [0.05, 0.1) is 0 Å². The Balaban J connectivity index is 2.16. The van der Waals surface area contributed by atoms with E-state index in [0.717, 1.165) is 11.3 Å². The highest BCUT2D eigenvalue weighted by atomic mass is 35.5. The Morgan fingerprint density at radius 1 is 1.44 bits per heavy atom. The lowest BCUT2D eigenvalue weighted by atomic mass is 10.2. The van der Waals surface area contributed by atoms with Gasteiger partial charge in [0.25, 0.3) is 0 Å². The average molecular weight is 261 g/mol. The highest BCUT2D eigenvalue weighted by molar-refractivity contribution is 6.29. The highest BCUT2D eigenvalue weighted by Gasteiger charge is 2.08. The zero-order chi connectivity index (χ0) is 13.0. The maximum atomic E-state index is 11.2. The topological polar surface area (TPSA) is 33.2 Å². The van der Waals surface area contributed by atoms with Gasteiger partial charge in [0.15, 0.2) is 5.78 Å². The van der Waals surface area contributed by atoms with E-state index in [0.29, 0.717) is 11.7 Å². The van der Waals surface area contributed by atoms with E-state index in [4.69, 9.17) is 11.6 Å². The summed E-state index contributed by atoms with van der Waals surface area (Å²) < 4.78 is 0. The van der Waals surface area contributed by atoms with Crippen molar-refractivity contribution >= 4 is 17.4 Å². The van der Waals surface area contributed by atoms with Gasteiger partial charge in [-0.1, -0.05) is 23.7 Å². The summed E-state index contributed by atoms with van der Waals surface area (Å²) in [6.45, 7) is 2.20. The number of halogens is 1. The monoisotopic (exact) mass is 260 g/mol. The van der Waals surface area contributed by atoms with Gasteiger partial charge in [-0.25, -0.2) is 4.98 Å². The summed E-state index contributed by atoms with van der Waals surface area (Å²) in [5, 5.41) is 0.479. The Hall–Kier alpha value is -1.87. The van der Waals surface area contributed by atoms with Crippen LogP contribution < -0.4 is 0 Å². The summed E-state index contributed by atoms with van der Waals surface area (Å²) in [7, 11) is 0. The van der Waals surface area contributed by atoms with E-state index in [1.807, 2.05) is 35.4 Å². The van der Waals surface area contributed by atoms with Gasteiger partial charge in [-0.05, 0) is 30.7 Å². The molecule has 0 atom stereocenters. The Kier molecular flexibility index (Phi) is 3.95. The molecule has 2 heterocycles. The van der Waals surface area contributed by atoms with Gasteiger partial charge in [0.1, 0.15) is 5.15 Å². The van der Waals surface area contributed by atoms with Crippen LogP contribution in [0.4, 0.5) is 0 Å². The summed E-state index contributed by atoms with van der Waals surface area (Å²) in [5.41, 5.74) is 1.91. The lowest BCUT2D eigenvalue weighted by Crippen LogP contribution is -2.17. The number of aromatic nitrogens is 1. The van der Waals surface area contributed by atoms with Gasteiger partial charge >= 0.3 is 0 Å². The second kappa shape index (κ2) is 5.65. The number of pyridine rings is 1. The molecular weight excluding hydrogens is 248 g/mol. The van der Waals surface area contributed by atoms with Crippen molar-refractivity contribution in [1.29, 1.82) is 0 Å². The minimum absolute atomic E-state index is 0.0316. The molecular formula is C14H13ClN2O. The minimum atomic E-state index is 0.0316. The molecule has 2 rings (SSSR count). The molecule has 0 saturated heterocycles. The quantitative estimate of drug-likeness (QED) is 0.619. The van der Waals surface area contributed by atoms with Crippen molar-refractivity contribution in [2.75, 3.05) is 0 Å². The fourth-order valence-corrected chi connectivity index (χ4v) is 1.78. The van der Waals surface area contributed by atoms with Crippen LogP contribution >= 0.6 is 11.6 Å². The van der Waals surface area contributed by atoms with Crippen molar-refractivity contribution < 1.29 is 4.79 Å². The second-order valence-corrected chi connectivity index (χ2v) is 4.38. The van der Waals surface area contributed by atoms with Crippen LogP contribution in [0, 0.1) is 0 Å². The minimum Gasteiger partial charge on any atom is -0.343 e. The highest BCUT2D eigenvalue weighted by Crippen LogP contribution is 2.17. The van der Waals surface area contributed by atoms with E-state index in [2.05, 4.69) is 4.98 Å². The van der Waals surface area contributed by atoms with Crippen LogP contribution in [0.1, 0.15) is 12.5 Å². The molecule has 0 radical (unpaired) electrons. The Bertz CT molecular complexity index is 529. The number of rotatable bonds is 3. The van der Waals surface area contributed by atoms with Gasteiger partial charge in [-0.3, -0.25) is 4.79 Å². The van der Waals surface area contributed by atoms with Crippen LogP contribution in [0.25, 0.3) is 0 Å². The summed E-state index contributed by atoms with van der Waals surface area (Å²) >= 11 is 5.75. The van der Waals surface area contributed by atoms with Crippen LogP contribution in [0.2, 0.25) is 5.15 Å². The maximum absolute atomic E-state index is 11.2. The maximum Gasteiger partial charge on any atom is 0.154 e. The zero-order valence-electron chi connectivity index (χ0n) is 10.0. The molecule has 0 aromatic carbocycles. The van der Waals surface area contributed by atoms with E-state index in [9.17, 15) is 4.79 Å². The third-order valence-electron chi connectivity index (χ3n) is 2.47. The molecule has 0 spiro atoms. The van der Waals surface area contributed by atoms with Crippen LogP contribution in [-0.2, 0) is 11.3 Å². The first kappa shape index (κ1) is 12.6. The zero-order valence-corrected chi connectivity index (χ0v) is 10.8. The summed E-state index contributed by atoms with van der Waals surface area (Å²) in [4.78, 5) is 17.2. The van der Waals surface area contributed by atoms with Crippen LogP contribution in [0.15, 0.2) is 54.5 Å². The molecule has 0 amide bonds. The molecule has 0 fully saturated rings. The predicted octanol–water partition coefficient (Wildman–Crippen LogP) is 3.09. The van der Waals surface area contributed by atoms with E-state index >= 15 is 0 Å². The molecule has 92 valence electrons. The van der Waals surface area contributed by atoms with Crippen molar-refractivity contribution in [3.63, 3.8) is 0 Å². The van der Waals surface area contributed by atoms with E-state index in [-0.39, 0.29) is 5.78 Å². The first-order valence-electron chi connectivity index (χ1n) is 5.59. The summed E-state index contributed by atoms with van der Waals surface area (Å²) in [6.07, 6.45) is 11.0. The first-order valence-corrected chi connectivity index (χ1v) is 5.97. The Labute approximate surface area is 111 Å². The number of nitrogens with zero attached hydrogens (tertiary/aromatic N) is 2. The predicted molar refractivity (Wildman–Crippen MR) is 71.8 cm³/mol. The van der Waals surface area contributed by atoms with Gasteiger partial charge in [-0.15, -0.1) is 0 Å². The van der Waals surface area contributed by atoms with Crippen molar-refractivity contribution in [1.82, 2.24) is 9.88 Å². The van der Waals surface area contributed by atoms with Gasteiger partial charge < -0.3 is 4.90 Å². The lowest BCUT2D eigenvalue weighted by Gasteiger charge is -2.23. The fourth-order valence-electron chi connectivity index (χ4n) is 1.67. The smallest absolute Gasteiger partial charge is 0.154 e. The van der Waals surface area contributed by atoms with Gasteiger partial charge in [-0.2, -0.15) is 0 Å². The SMILES string of the molecule is CC(=O)C=C1C=CC=CN1Cc1ccc(Cl)nc1. The standard InChI is InChI=1S/C14H13ClN2O/c1-11(18)8-13-4-2-3-7-17(13)10-12-5-6-14(15)16-9-12/h2-9H,10H2,1H3. The molecule has 0 saturated carbocycles. The number of hydrogen-bond acceptors (Lipinski definition) is 3. The molecule has 4 heteroatoms. The molecule has 1 aromatic heterocycles. The summed E-state index contributed by atoms with van der Waals surface area (Å²) in [5.74, 6) is 0.0316. The van der Waals surface area contributed by atoms with Crippen molar-refractivity contribution in [3.8, 4) is 0 Å². The molecule has 1 aliphatic heterocycles. The first-order chi connectivity index (χ1) is 8.65. The largest absolute Gasteiger partial charge is 0.343 e. The van der Waals surface area contributed by atoms with Gasteiger partial charge in [0.2, 0.25) is 0 Å². The number of allylic oxidation sites excluding steroid dienone is 4. The molecule has 0 aliphatic carbocycles.